The molecule has 0 aromatic carbocycles. The second kappa shape index (κ2) is 2.87. The van der Waals surface area contributed by atoms with Crippen LogP contribution in [0.3, 0.4) is 0 Å². The highest BCUT2D eigenvalue weighted by Crippen LogP contribution is 2.01. The highest BCUT2D eigenvalue weighted by Gasteiger charge is 2.05. The molecule has 0 fully saturated rings. The zero-order valence-electron chi connectivity index (χ0n) is 5.53. The van der Waals surface area contributed by atoms with Crippen molar-refractivity contribution in [1.29, 1.82) is 5.26 Å². The molecule has 0 aliphatic carbocycles. The Kier molecular flexibility index (Phi) is 1.90. The van der Waals surface area contributed by atoms with Crippen molar-refractivity contribution < 1.29 is 4.74 Å². The Morgan fingerprint density at radius 1 is 1.80 bits per heavy atom. The van der Waals surface area contributed by atoms with Crippen molar-refractivity contribution in [2.45, 2.75) is 6.92 Å². The molecule has 0 amide bonds. The summed E-state index contributed by atoms with van der Waals surface area (Å²) in [5, 5.41) is 11.8. The van der Waals surface area contributed by atoms with Gasteiger partial charge >= 0.3 is 0 Å². The first-order valence-corrected chi connectivity index (χ1v) is 2.79. The van der Waals surface area contributed by atoms with Crippen LogP contribution in [0.15, 0.2) is 17.1 Å². The minimum absolute atomic E-state index is 0.0259. The van der Waals surface area contributed by atoms with Gasteiger partial charge in [0.05, 0.1) is 5.71 Å². The van der Waals surface area contributed by atoms with E-state index in [1.54, 1.807) is 6.08 Å². The monoisotopic (exact) mass is 136 g/mol. The lowest BCUT2D eigenvalue weighted by atomic mass is 10.4. The van der Waals surface area contributed by atoms with Crippen molar-refractivity contribution in [3.63, 3.8) is 0 Å². The second-order valence-corrected chi connectivity index (χ2v) is 1.77. The van der Waals surface area contributed by atoms with Crippen LogP contribution >= 0.6 is 0 Å². The van der Waals surface area contributed by atoms with Gasteiger partial charge in [0, 0.05) is 6.08 Å². The highest BCUT2D eigenvalue weighted by atomic mass is 16.5. The highest BCUT2D eigenvalue weighted by molar-refractivity contribution is 5.94. The van der Waals surface area contributed by atoms with Crippen LogP contribution in [-0.4, -0.2) is 12.3 Å². The zero-order valence-corrected chi connectivity index (χ0v) is 5.53. The third-order valence-corrected chi connectivity index (χ3v) is 0.923. The smallest absolute Gasteiger partial charge is 0.236 e. The summed E-state index contributed by atoms with van der Waals surface area (Å²) in [4.78, 5) is 0. The molecule has 4 nitrogen and oxygen atoms in total. The van der Waals surface area contributed by atoms with Crippen molar-refractivity contribution in [3.05, 3.63) is 12.0 Å². The summed E-state index contributed by atoms with van der Waals surface area (Å²) in [5.41, 5.74) is 4.43. The SMILES string of the molecule is CC1=N[N]C(OCC#N)=C1. The molecule has 51 valence electrons. The van der Waals surface area contributed by atoms with Gasteiger partial charge < -0.3 is 4.74 Å². The predicted octanol–water partition coefficient (Wildman–Crippen LogP) is 0.362. The van der Waals surface area contributed by atoms with Crippen LogP contribution in [0, 0.1) is 11.3 Å². The second-order valence-electron chi connectivity index (χ2n) is 1.77. The number of nitrogens with zero attached hydrogens (tertiary/aromatic N) is 3. The van der Waals surface area contributed by atoms with E-state index in [0.29, 0.717) is 5.88 Å². The molecule has 0 spiro atoms. The number of allylic oxidation sites excluding steroid dienone is 1. The maximum absolute atomic E-state index is 8.11. The van der Waals surface area contributed by atoms with Gasteiger partial charge in [0.25, 0.3) is 0 Å². The molecule has 1 rings (SSSR count). The van der Waals surface area contributed by atoms with E-state index in [1.807, 2.05) is 13.0 Å². The summed E-state index contributed by atoms with van der Waals surface area (Å²) in [6.45, 7) is 1.84. The van der Waals surface area contributed by atoms with Gasteiger partial charge in [-0.1, -0.05) is 0 Å². The van der Waals surface area contributed by atoms with E-state index in [0.717, 1.165) is 5.71 Å². The number of nitriles is 1. The van der Waals surface area contributed by atoms with E-state index in [4.69, 9.17) is 10.00 Å². The summed E-state index contributed by atoms with van der Waals surface area (Å²) in [5.74, 6) is 0.416. The Morgan fingerprint density at radius 3 is 3.10 bits per heavy atom. The molecule has 0 atom stereocenters. The third-order valence-electron chi connectivity index (χ3n) is 0.923. The fraction of sp³-hybridized carbons (Fsp3) is 0.333. The van der Waals surface area contributed by atoms with Crippen LogP contribution in [0.1, 0.15) is 6.92 Å². The van der Waals surface area contributed by atoms with Gasteiger partial charge in [0.1, 0.15) is 6.07 Å². The average molecular weight is 136 g/mol. The average Bonchev–Trinajstić information content (AvgIpc) is 2.31. The number of hydrogen-bond acceptors (Lipinski definition) is 3. The summed E-state index contributed by atoms with van der Waals surface area (Å²) in [6.07, 6.45) is 1.68. The summed E-state index contributed by atoms with van der Waals surface area (Å²) >= 11 is 0. The van der Waals surface area contributed by atoms with E-state index in [9.17, 15) is 0 Å². The van der Waals surface area contributed by atoms with Crippen molar-refractivity contribution in [2.24, 2.45) is 5.10 Å². The molecule has 4 heteroatoms. The predicted molar refractivity (Wildman–Crippen MR) is 34.9 cm³/mol. The van der Waals surface area contributed by atoms with E-state index >= 15 is 0 Å². The first-order valence-electron chi connectivity index (χ1n) is 2.79. The Hall–Kier alpha value is -1.50. The molecular weight excluding hydrogens is 130 g/mol. The molecule has 0 aromatic heterocycles. The molecular formula is C6H6N3O. The summed E-state index contributed by atoms with van der Waals surface area (Å²) in [7, 11) is 0. The van der Waals surface area contributed by atoms with E-state index in [1.165, 1.54) is 0 Å². The van der Waals surface area contributed by atoms with Gasteiger partial charge in [0.15, 0.2) is 6.61 Å². The van der Waals surface area contributed by atoms with Crippen LogP contribution in [0.2, 0.25) is 0 Å². The van der Waals surface area contributed by atoms with E-state index in [-0.39, 0.29) is 6.61 Å². The normalized spacial score (nSPS) is 14.8. The Balaban J connectivity index is 2.35. The maximum Gasteiger partial charge on any atom is 0.236 e. The minimum atomic E-state index is 0.0259. The van der Waals surface area contributed by atoms with Crippen LogP contribution < -0.4 is 5.43 Å². The fourth-order valence-electron chi connectivity index (χ4n) is 0.541. The third kappa shape index (κ3) is 1.49. The van der Waals surface area contributed by atoms with E-state index in [2.05, 4.69) is 10.5 Å². The molecule has 10 heavy (non-hydrogen) atoms. The topological polar surface area (TPSA) is 59.5 Å². The van der Waals surface area contributed by atoms with Crippen molar-refractivity contribution >= 4 is 5.71 Å². The molecule has 0 bridgehead atoms. The summed E-state index contributed by atoms with van der Waals surface area (Å²) < 4.78 is 4.84. The largest absolute Gasteiger partial charge is 0.461 e. The van der Waals surface area contributed by atoms with Gasteiger partial charge in [-0.05, 0) is 6.92 Å². The molecule has 1 aliphatic heterocycles. The molecule has 0 N–H and O–H groups in total. The van der Waals surface area contributed by atoms with Crippen molar-refractivity contribution in [2.75, 3.05) is 6.61 Å². The number of hydrogen-bond donors (Lipinski definition) is 0. The fourth-order valence-corrected chi connectivity index (χ4v) is 0.541. The molecule has 0 saturated carbocycles. The molecule has 1 aliphatic rings. The van der Waals surface area contributed by atoms with Crippen LogP contribution in [0.4, 0.5) is 0 Å². The van der Waals surface area contributed by atoms with Gasteiger partial charge in [-0.25, -0.2) is 0 Å². The Morgan fingerprint density at radius 2 is 2.60 bits per heavy atom. The molecule has 0 unspecified atom stereocenters. The quantitative estimate of drug-likeness (QED) is 0.550. The lowest BCUT2D eigenvalue weighted by Crippen LogP contribution is -1.97. The standard InChI is InChI=1S/C6H6N3O/c1-5-4-6(9-8-5)10-3-2-7/h4H,3H2,1H3. The van der Waals surface area contributed by atoms with Crippen LogP contribution in [-0.2, 0) is 4.74 Å². The first-order chi connectivity index (χ1) is 4.83. The molecule has 0 aromatic rings. The Bertz CT molecular complexity index is 224. The minimum Gasteiger partial charge on any atom is -0.461 e. The molecule has 1 heterocycles. The first kappa shape index (κ1) is 6.62. The summed E-state index contributed by atoms with van der Waals surface area (Å²) in [6, 6.07) is 1.84. The van der Waals surface area contributed by atoms with Gasteiger partial charge in [-0.2, -0.15) is 10.4 Å². The lowest BCUT2D eigenvalue weighted by Gasteiger charge is -1.95. The van der Waals surface area contributed by atoms with Crippen LogP contribution in [0.25, 0.3) is 0 Å². The van der Waals surface area contributed by atoms with Gasteiger partial charge in [-0.3, -0.25) is 0 Å². The van der Waals surface area contributed by atoms with Crippen molar-refractivity contribution in [3.8, 4) is 6.07 Å². The molecule has 0 saturated heterocycles. The lowest BCUT2D eigenvalue weighted by molar-refractivity contribution is 0.229. The molecule has 1 radical (unpaired) electrons. The van der Waals surface area contributed by atoms with Gasteiger partial charge in [-0.15, -0.1) is 5.43 Å². The maximum atomic E-state index is 8.11. The Labute approximate surface area is 58.8 Å². The zero-order chi connectivity index (χ0) is 7.40. The van der Waals surface area contributed by atoms with Gasteiger partial charge in [0.2, 0.25) is 5.88 Å². The van der Waals surface area contributed by atoms with E-state index < -0.39 is 0 Å². The number of rotatable bonds is 2. The van der Waals surface area contributed by atoms with Crippen molar-refractivity contribution in [1.82, 2.24) is 5.43 Å². The van der Waals surface area contributed by atoms with Crippen LogP contribution in [0.5, 0.6) is 0 Å². The number of ether oxygens (including phenoxy) is 1.